The van der Waals surface area contributed by atoms with E-state index >= 15 is 0 Å². The highest BCUT2D eigenvalue weighted by atomic mass is 16.1. The third kappa shape index (κ3) is 4.11. The SMILES string of the molecule is CC(=O)[C@@](C)(N)CCCCN. The number of rotatable bonds is 5. The highest BCUT2D eigenvalue weighted by Gasteiger charge is 2.22. The van der Waals surface area contributed by atoms with E-state index in [-0.39, 0.29) is 5.78 Å². The van der Waals surface area contributed by atoms with Gasteiger partial charge in [-0.3, -0.25) is 4.79 Å². The number of carbonyl (C=O) groups is 1. The van der Waals surface area contributed by atoms with E-state index in [1.54, 1.807) is 6.92 Å². The molecule has 3 heteroatoms. The first-order chi connectivity index (χ1) is 5.00. The van der Waals surface area contributed by atoms with Crippen LogP contribution in [0.3, 0.4) is 0 Å². The van der Waals surface area contributed by atoms with Crippen LogP contribution in [-0.4, -0.2) is 17.9 Å². The molecule has 0 fully saturated rings. The van der Waals surface area contributed by atoms with Crippen LogP contribution in [0, 0.1) is 0 Å². The minimum absolute atomic E-state index is 0.0505. The maximum Gasteiger partial charge on any atom is 0.149 e. The van der Waals surface area contributed by atoms with Crippen molar-refractivity contribution in [2.75, 3.05) is 6.54 Å². The molecule has 0 saturated heterocycles. The first-order valence-corrected chi connectivity index (χ1v) is 4.00. The number of hydrogen-bond acceptors (Lipinski definition) is 3. The lowest BCUT2D eigenvalue weighted by Gasteiger charge is -2.20. The molecule has 0 amide bonds. The zero-order valence-corrected chi connectivity index (χ0v) is 7.39. The number of Topliss-reactive ketones (excluding diaryl/α,β-unsaturated/α-hetero) is 1. The van der Waals surface area contributed by atoms with Gasteiger partial charge < -0.3 is 11.5 Å². The van der Waals surface area contributed by atoms with Crippen molar-refractivity contribution in [3.8, 4) is 0 Å². The van der Waals surface area contributed by atoms with Crippen LogP contribution in [0.2, 0.25) is 0 Å². The van der Waals surface area contributed by atoms with Crippen LogP contribution < -0.4 is 11.5 Å². The summed E-state index contributed by atoms with van der Waals surface area (Å²) in [5.41, 5.74) is 10.4. The first-order valence-electron chi connectivity index (χ1n) is 4.00. The first kappa shape index (κ1) is 10.6. The highest BCUT2D eigenvalue weighted by molar-refractivity contribution is 5.85. The molecule has 0 radical (unpaired) electrons. The summed E-state index contributed by atoms with van der Waals surface area (Å²) in [5, 5.41) is 0. The number of hydrogen-bond donors (Lipinski definition) is 2. The molecule has 0 aliphatic carbocycles. The van der Waals surface area contributed by atoms with Crippen molar-refractivity contribution in [3.63, 3.8) is 0 Å². The Morgan fingerprint density at radius 1 is 1.45 bits per heavy atom. The van der Waals surface area contributed by atoms with Gasteiger partial charge in [0.15, 0.2) is 0 Å². The van der Waals surface area contributed by atoms with E-state index in [2.05, 4.69) is 0 Å². The predicted molar refractivity (Wildman–Crippen MR) is 46.2 cm³/mol. The van der Waals surface area contributed by atoms with Gasteiger partial charge in [-0.2, -0.15) is 0 Å². The molecule has 0 heterocycles. The lowest BCUT2D eigenvalue weighted by atomic mass is 9.92. The Bertz CT molecular complexity index is 132. The summed E-state index contributed by atoms with van der Waals surface area (Å²) in [6.07, 6.45) is 2.61. The maximum absolute atomic E-state index is 10.9. The van der Waals surface area contributed by atoms with Gasteiger partial charge in [-0.05, 0) is 39.7 Å². The number of carbonyl (C=O) groups excluding carboxylic acids is 1. The summed E-state index contributed by atoms with van der Waals surface area (Å²) in [4.78, 5) is 10.9. The summed E-state index contributed by atoms with van der Waals surface area (Å²) >= 11 is 0. The lowest BCUT2D eigenvalue weighted by molar-refractivity contribution is -0.121. The van der Waals surface area contributed by atoms with Gasteiger partial charge in [-0.25, -0.2) is 0 Å². The Morgan fingerprint density at radius 3 is 2.36 bits per heavy atom. The molecule has 0 unspecified atom stereocenters. The van der Waals surface area contributed by atoms with Crippen molar-refractivity contribution in [2.24, 2.45) is 11.5 Å². The van der Waals surface area contributed by atoms with E-state index in [0.29, 0.717) is 6.54 Å². The van der Waals surface area contributed by atoms with Gasteiger partial charge in [0.25, 0.3) is 0 Å². The second-order valence-electron chi connectivity index (χ2n) is 3.22. The average Bonchev–Trinajstić information content (AvgIpc) is 1.88. The van der Waals surface area contributed by atoms with Crippen molar-refractivity contribution in [3.05, 3.63) is 0 Å². The second kappa shape index (κ2) is 4.46. The summed E-state index contributed by atoms with van der Waals surface area (Å²) < 4.78 is 0. The molecule has 0 aliphatic rings. The Kier molecular flexibility index (Phi) is 4.30. The summed E-state index contributed by atoms with van der Waals surface area (Å²) in [5.74, 6) is 0.0505. The molecule has 0 aromatic carbocycles. The summed E-state index contributed by atoms with van der Waals surface area (Å²) in [6.45, 7) is 3.97. The van der Waals surface area contributed by atoms with Crippen molar-refractivity contribution in [1.29, 1.82) is 0 Å². The normalized spacial score (nSPS) is 16.0. The molecule has 0 saturated carbocycles. The van der Waals surface area contributed by atoms with Crippen molar-refractivity contribution in [2.45, 2.75) is 38.6 Å². The lowest BCUT2D eigenvalue weighted by Crippen LogP contribution is -2.43. The predicted octanol–water partition coefficient (Wildman–Crippen LogP) is 0.422. The van der Waals surface area contributed by atoms with E-state index < -0.39 is 5.54 Å². The quantitative estimate of drug-likeness (QED) is 0.570. The standard InChI is InChI=1S/C8H18N2O/c1-7(11)8(2,10)5-3-4-6-9/h3-6,9-10H2,1-2H3/t8-/m0/s1. The fraction of sp³-hybridized carbons (Fsp3) is 0.875. The molecule has 1 atom stereocenters. The van der Waals surface area contributed by atoms with Crippen molar-refractivity contribution in [1.82, 2.24) is 0 Å². The summed E-state index contributed by atoms with van der Waals surface area (Å²) in [6, 6.07) is 0. The summed E-state index contributed by atoms with van der Waals surface area (Å²) in [7, 11) is 0. The Labute approximate surface area is 68.1 Å². The van der Waals surface area contributed by atoms with E-state index in [0.717, 1.165) is 19.3 Å². The third-order valence-corrected chi connectivity index (χ3v) is 1.95. The number of ketones is 1. The van der Waals surface area contributed by atoms with Crippen LogP contribution in [-0.2, 0) is 4.79 Å². The van der Waals surface area contributed by atoms with Gasteiger partial charge in [0, 0.05) is 0 Å². The zero-order valence-electron chi connectivity index (χ0n) is 7.39. The van der Waals surface area contributed by atoms with Crippen LogP contribution in [0.5, 0.6) is 0 Å². The van der Waals surface area contributed by atoms with Crippen molar-refractivity contribution < 1.29 is 4.79 Å². The van der Waals surface area contributed by atoms with Crippen molar-refractivity contribution >= 4 is 5.78 Å². The fourth-order valence-electron chi connectivity index (χ4n) is 0.813. The van der Waals surface area contributed by atoms with Crippen LogP contribution in [0.15, 0.2) is 0 Å². The Morgan fingerprint density at radius 2 is 2.00 bits per heavy atom. The van der Waals surface area contributed by atoms with E-state index in [1.165, 1.54) is 6.92 Å². The molecule has 0 aromatic rings. The molecule has 0 bridgehead atoms. The van der Waals surface area contributed by atoms with E-state index in [1.807, 2.05) is 0 Å². The molecule has 0 aromatic heterocycles. The monoisotopic (exact) mass is 158 g/mol. The number of nitrogens with two attached hydrogens (primary N) is 2. The fourth-order valence-corrected chi connectivity index (χ4v) is 0.813. The average molecular weight is 158 g/mol. The Hall–Kier alpha value is -0.410. The van der Waals surface area contributed by atoms with E-state index in [9.17, 15) is 4.79 Å². The molecule has 4 N–H and O–H groups in total. The van der Waals surface area contributed by atoms with Crippen LogP contribution >= 0.6 is 0 Å². The molecular formula is C8H18N2O. The molecule has 66 valence electrons. The second-order valence-corrected chi connectivity index (χ2v) is 3.22. The Balaban J connectivity index is 3.64. The van der Waals surface area contributed by atoms with Gasteiger partial charge in [-0.15, -0.1) is 0 Å². The minimum Gasteiger partial charge on any atom is -0.330 e. The van der Waals surface area contributed by atoms with Gasteiger partial charge in [-0.1, -0.05) is 0 Å². The zero-order chi connectivity index (χ0) is 8.91. The molecule has 0 aliphatic heterocycles. The largest absolute Gasteiger partial charge is 0.330 e. The van der Waals surface area contributed by atoms with Gasteiger partial charge >= 0.3 is 0 Å². The molecular weight excluding hydrogens is 140 g/mol. The van der Waals surface area contributed by atoms with E-state index in [4.69, 9.17) is 11.5 Å². The van der Waals surface area contributed by atoms with Gasteiger partial charge in [0.1, 0.15) is 5.78 Å². The highest BCUT2D eigenvalue weighted by Crippen LogP contribution is 2.10. The van der Waals surface area contributed by atoms with Crippen LogP contribution in [0.25, 0.3) is 0 Å². The van der Waals surface area contributed by atoms with Gasteiger partial charge in [0.2, 0.25) is 0 Å². The smallest absolute Gasteiger partial charge is 0.149 e. The van der Waals surface area contributed by atoms with Gasteiger partial charge in [0.05, 0.1) is 5.54 Å². The van der Waals surface area contributed by atoms with Crippen LogP contribution in [0.4, 0.5) is 0 Å². The minimum atomic E-state index is -0.644. The van der Waals surface area contributed by atoms with Crippen LogP contribution in [0.1, 0.15) is 33.1 Å². The molecule has 0 rings (SSSR count). The molecule has 0 spiro atoms. The molecule has 11 heavy (non-hydrogen) atoms. The molecule has 3 nitrogen and oxygen atoms in total. The topological polar surface area (TPSA) is 69.1 Å². The number of unbranched alkanes of at least 4 members (excludes halogenated alkanes) is 1. The third-order valence-electron chi connectivity index (χ3n) is 1.95. The maximum atomic E-state index is 10.9.